The number of rotatable bonds is 9. The average molecular weight is 585 g/mol. The van der Waals surface area contributed by atoms with E-state index < -0.39 is 30.9 Å². The molecule has 4 aromatic rings. The standard InChI is InChI=1S/C27H25ClN4O5S2/c1-3-32(22-10-5-4-6-11-22)39(36,37)23-14-12-21(13-15-23)30-26(33)25-24(28)17-29-27(31-25)38(34,35)18-20-9-7-8-19(2)16-20/h4-17H,3,18H2,1-2H3,(H,30,33). The molecule has 4 rings (SSSR count). The number of carbonyl (C=O) groups is 1. The van der Waals surface area contributed by atoms with Gasteiger partial charge in [-0.2, -0.15) is 0 Å². The van der Waals surface area contributed by atoms with Gasteiger partial charge in [0.2, 0.25) is 15.0 Å². The van der Waals surface area contributed by atoms with Crippen molar-refractivity contribution in [2.75, 3.05) is 16.2 Å². The van der Waals surface area contributed by atoms with E-state index in [4.69, 9.17) is 11.6 Å². The van der Waals surface area contributed by atoms with Crippen LogP contribution in [0, 0.1) is 6.92 Å². The Morgan fingerprint density at radius 3 is 2.28 bits per heavy atom. The number of anilines is 2. The molecule has 0 saturated carbocycles. The fraction of sp³-hybridized carbons (Fsp3) is 0.148. The first-order chi connectivity index (χ1) is 18.5. The Hall–Kier alpha value is -3.80. The molecule has 1 N–H and O–H groups in total. The number of benzene rings is 3. The van der Waals surface area contributed by atoms with Crippen LogP contribution in [0.5, 0.6) is 0 Å². The zero-order valence-corrected chi connectivity index (χ0v) is 23.5. The van der Waals surface area contributed by atoms with E-state index in [0.717, 1.165) is 11.8 Å². The molecule has 0 aliphatic heterocycles. The van der Waals surface area contributed by atoms with E-state index in [9.17, 15) is 21.6 Å². The Morgan fingerprint density at radius 1 is 0.949 bits per heavy atom. The molecule has 12 heteroatoms. The van der Waals surface area contributed by atoms with Gasteiger partial charge in [-0.15, -0.1) is 0 Å². The SMILES string of the molecule is CCN(c1ccccc1)S(=O)(=O)c1ccc(NC(=O)c2nc(S(=O)(=O)Cc3cccc(C)c3)ncc2Cl)cc1. The van der Waals surface area contributed by atoms with E-state index in [2.05, 4.69) is 15.3 Å². The maximum absolute atomic E-state index is 13.2. The van der Waals surface area contributed by atoms with Crippen molar-refractivity contribution in [2.24, 2.45) is 0 Å². The number of amides is 1. The van der Waals surface area contributed by atoms with E-state index >= 15 is 0 Å². The van der Waals surface area contributed by atoms with Crippen LogP contribution in [-0.4, -0.2) is 39.3 Å². The summed E-state index contributed by atoms with van der Waals surface area (Å²) in [5.74, 6) is -1.12. The molecule has 9 nitrogen and oxygen atoms in total. The molecule has 0 atom stereocenters. The summed E-state index contributed by atoms with van der Waals surface area (Å²) in [4.78, 5) is 20.7. The molecule has 0 unspecified atom stereocenters. The van der Waals surface area contributed by atoms with Gasteiger partial charge in [0.1, 0.15) is 0 Å². The first-order valence-corrected chi connectivity index (χ1v) is 15.3. The predicted molar refractivity (Wildman–Crippen MR) is 150 cm³/mol. The third-order valence-corrected chi connectivity index (χ3v) is 9.35. The number of hydrogen-bond donors (Lipinski definition) is 1. The van der Waals surface area contributed by atoms with Gasteiger partial charge >= 0.3 is 0 Å². The van der Waals surface area contributed by atoms with Crippen molar-refractivity contribution in [1.29, 1.82) is 0 Å². The molecule has 1 aromatic heterocycles. The number of para-hydroxylation sites is 1. The fourth-order valence-electron chi connectivity index (χ4n) is 3.86. The summed E-state index contributed by atoms with van der Waals surface area (Å²) >= 11 is 6.12. The van der Waals surface area contributed by atoms with Crippen LogP contribution in [0.1, 0.15) is 28.5 Å². The van der Waals surface area contributed by atoms with E-state index in [1.165, 1.54) is 28.6 Å². The van der Waals surface area contributed by atoms with Crippen molar-refractivity contribution >= 4 is 48.7 Å². The van der Waals surface area contributed by atoms with Gasteiger partial charge in [0, 0.05) is 12.2 Å². The molecule has 0 fully saturated rings. The van der Waals surface area contributed by atoms with Gasteiger partial charge in [-0.05, 0) is 55.8 Å². The minimum Gasteiger partial charge on any atom is -0.321 e. The van der Waals surface area contributed by atoms with Crippen LogP contribution < -0.4 is 9.62 Å². The van der Waals surface area contributed by atoms with Crippen molar-refractivity contribution < 1.29 is 21.6 Å². The van der Waals surface area contributed by atoms with Gasteiger partial charge in [-0.1, -0.05) is 59.6 Å². The van der Waals surface area contributed by atoms with Gasteiger partial charge in [0.15, 0.2) is 5.69 Å². The number of sulfonamides is 1. The van der Waals surface area contributed by atoms with Crippen LogP contribution in [0.2, 0.25) is 5.02 Å². The first kappa shape index (κ1) is 28.2. The minimum atomic E-state index is -3.96. The number of carbonyl (C=O) groups excluding carboxylic acids is 1. The van der Waals surface area contributed by atoms with Crippen LogP contribution >= 0.6 is 11.6 Å². The summed E-state index contributed by atoms with van der Waals surface area (Å²) in [5, 5.41) is 1.91. The van der Waals surface area contributed by atoms with E-state index in [-0.39, 0.29) is 33.6 Å². The largest absolute Gasteiger partial charge is 0.321 e. The summed E-state index contributed by atoms with van der Waals surface area (Å²) in [6.45, 7) is 3.81. The lowest BCUT2D eigenvalue weighted by Gasteiger charge is -2.23. The third-order valence-electron chi connectivity index (χ3n) is 5.69. The van der Waals surface area contributed by atoms with E-state index in [0.29, 0.717) is 11.3 Å². The maximum Gasteiger partial charge on any atom is 0.275 e. The quantitative estimate of drug-likeness (QED) is 0.278. The normalized spacial score (nSPS) is 11.7. The molecule has 0 saturated heterocycles. The lowest BCUT2D eigenvalue weighted by molar-refractivity contribution is 0.102. The number of hydrogen-bond acceptors (Lipinski definition) is 7. The Bertz CT molecular complexity index is 1710. The predicted octanol–water partition coefficient (Wildman–Crippen LogP) is 4.88. The Kier molecular flexibility index (Phi) is 8.34. The zero-order chi connectivity index (χ0) is 28.2. The average Bonchev–Trinajstić information content (AvgIpc) is 2.90. The highest BCUT2D eigenvalue weighted by Gasteiger charge is 2.25. The van der Waals surface area contributed by atoms with Gasteiger partial charge in [0.05, 0.1) is 27.6 Å². The molecule has 0 radical (unpaired) electrons. The first-order valence-electron chi connectivity index (χ1n) is 11.8. The maximum atomic E-state index is 13.2. The number of nitrogens with one attached hydrogen (secondary N) is 1. The Morgan fingerprint density at radius 2 is 1.64 bits per heavy atom. The fourth-order valence-corrected chi connectivity index (χ4v) is 6.70. The van der Waals surface area contributed by atoms with Crippen LogP contribution in [0.15, 0.2) is 95.1 Å². The second kappa shape index (κ2) is 11.5. The molecule has 1 amide bonds. The molecule has 0 aliphatic carbocycles. The number of nitrogens with zero attached hydrogens (tertiary/aromatic N) is 3. The van der Waals surface area contributed by atoms with Crippen molar-refractivity contribution in [3.8, 4) is 0 Å². The highest BCUT2D eigenvalue weighted by Crippen LogP contribution is 2.25. The topological polar surface area (TPSA) is 126 Å². The van der Waals surface area contributed by atoms with Crippen LogP contribution in [0.25, 0.3) is 0 Å². The van der Waals surface area contributed by atoms with Crippen molar-refractivity contribution in [2.45, 2.75) is 29.7 Å². The Balaban J connectivity index is 1.53. The van der Waals surface area contributed by atoms with Gasteiger partial charge in [-0.25, -0.2) is 26.8 Å². The van der Waals surface area contributed by atoms with Gasteiger partial charge in [0.25, 0.3) is 15.9 Å². The molecule has 202 valence electrons. The molecule has 0 aliphatic rings. The highest BCUT2D eigenvalue weighted by molar-refractivity contribution is 7.92. The lowest BCUT2D eigenvalue weighted by atomic mass is 10.2. The molecule has 3 aromatic carbocycles. The number of sulfone groups is 1. The van der Waals surface area contributed by atoms with Gasteiger partial charge < -0.3 is 5.32 Å². The molecule has 0 bridgehead atoms. The molecule has 39 heavy (non-hydrogen) atoms. The Labute approximate surface area is 232 Å². The van der Waals surface area contributed by atoms with Crippen molar-refractivity contribution in [1.82, 2.24) is 9.97 Å². The third kappa shape index (κ3) is 6.44. The zero-order valence-electron chi connectivity index (χ0n) is 21.1. The van der Waals surface area contributed by atoms with Crippen molar-refractivity contribution in [3.05, 3.63) is 107 Å². The van der Waals surface area contributed by atoms with E-state index in [1.807, 2.05) is 13.0 Å². The molecule has 1 heterocycles. The van der Waals surface area contributed by atoms with Crippen molar-refractivity contribution in [3.63, 3.8) is 0 Å². The number of aromatic nitrogens is 2. The minimum absolute atomic E-state index is 0.0378. The lowest BCUT2D eigenvalue weighted by Crippen LogP contribution is -2.30. The smallest absolute Gasteiger partial charge is 0.275 e. The number of aryl methyl sites for hydroxylation is 1. The summed E-state index contributed by atoms with van der Waals surface area (Å²) < 4.78 is 53.5. The van der Waals surface area contributed by atoms with Crippen LogP contribution in [0.3, 0.4) is 0 Å². The monoisotopic (exact) mass is 584 g/mol. The molecule has 0 spiro atoms. The number of halogens is 1. The summed E-state index contributed by atoms with van der Waals surface area (Å²) in [5.41, 5.74) is 1.93. The summed E-state index contributed by atoms with van der Waals surface area (Å²) in [6.07, 6.45) is 1.06. The highest BCUT2D eigenvalue weighted by atomic mass is 35.5. The molecular weight excluding hydrogens is 560 g/mol. The summed E-state index contributed by atoms with van der Waals surface area (Å²) in [6, 6.07) is 21.3. The van der Waals surface area contributed by atoms with Crippen LogP contribution in [0.4, 0.5) is 11.4 Å². The second-order valence-corrected chi connectivity index (χ2v) is 12.7. The van der Waals surface area contributed by atoms with Gasteiger partial charge in [-0.3, -0.25) is 9.10 Å². The summed E-state index contributed by atoms with van der Waals surface area (Å²) in [7, 11) is -7.81. The van der Waals surface area contributed by atoms with E-state index in [1.54, 1.807) is 55.5 Å². The molecular formula is C27H25ClN4O5S2. The second-order valence-electron chi connectivity index (χ2n) is 8.58. The van der Waals surface area contributed by atoms with Crippen LogP contribution in [-0.2, 0) is 25.6 Å².